The zero-order chi connectivity index (χ0) is 23.2. The van der Waals surface area contributed by atoms with Crippen LogP contribution in [0.2, 0.25) is 5.02 Å². The van der Waals surface area contributed by atoms with Crippen LogP contribution in [0.3, 0.4) is 0 Å². The Morgan fingerprint density at radius 1 is 1.12 bits per heavy atom. The molecular formula is C26H29ClN2O4. The number of halogens is 1. The highest BCUT2D eigenvalue weighted by atomic mass is 35.5. The Balaban J connectivity index is 1.39. The standard InChI is InChI=1S/C26H29ClN2O4/c1-31-24-7-6-18(12-25(24)32-2)8-10-29-15-21(23(16-29)20-9-11-33-17-20)14-28-26(30)19-4-3-5-22(27)13-19/h3-7,9,11-13,17,21,23H,8,10,14-16H2,1-2H3,(H,28,30)/t21-,23+/m0/s1. The molecular weight excluding hydrogens is 440 g/mol. The van der Waals surface area contributed by atoms with E-state index in [9.17, 15) is 4.79 Å². The number of hydrogen-bond acceptors (Lipinski definition) is 5. The fraction of sp³-hybridized carbons (Fsp3) is 0.346. The first-order valence-electron chi connectivity index (χ1n) is 11.1. The van der Waals surface area contributed by atoms with Crippen LogP contribution in [0.4, 0.5) is 0 Å². The molecule has 0 saturated carbocycles. The quantitative estimate of drug-likeness (QED) is 0.495. The van der Waals surface area contributed by atoms with Crippen LogP contribution in [0.15, 0.2) is 65.5 Å². The zero-order valence-electron chi connectivity index (χ0n) is 18.9. The molecule has 2 atom stereocenters. The van der Waals surface area contributed by atoms with Crippen LogP contribution >= 0.6 is 11.6 Å². The molecule has 1 aliphatic rings. The summed E-state index contributed by atoms with van der Waals surface area (Å²) in [5, 5.41) is 3.65. The Bertz CT molecular complexity index is 1070. The van der Waals surface area contributed by atoms with E-state index in [1.807, 2.05) is 24.5 Å². The number of amides is 1. The number of benzene rings is 2. The SMILES string of the molecule is COc1ccc(CCN2C[C@H](CNC(=O)c3cccc(Cl)c3)[C@@H](c3ccoc3)C2)cc1OC. The molecule has 7 heteroatoms. The van der Waals surface area contributed by atoms with Gasteiger partial charge < -0.3 is 24.1 Å². The fourth-order valence-electron chi connectivity index (χ4n) is 4.49. The van der Waals surface area contributed by atoms with Gasteiger partial charge in [-0.05, 0) is 59.9 Å². The minimum absolute atomic E-state index is 0.104. The second kappa shape index (κ2) is 10.8. The zero-order valence-corrected chi connectivity index (χ0v) is 19.7. The van der Waals surface area contributed by atoms with E-state index in [1.165, 1.54) is 11.1 Å². The van der Waals surface area contributed by atoms with Gasteiger partial charge in [0.15, 0.2) is 11.5 Å². The van der Waals surface area contributed by atoms with Gasteiger partial charge in [-0.3, -0.25) is 4.79 Å². The molecule has 0 spiro atoms. The van der Waals surface area contributed by atoms with Crippen LogP contribution in [-0.4, -0.2) is 51.2 Å². The van der Waals surface area contributed by atoms with Crippen molar-refractivity contribution in [3.05, 3.63) is 82.8 Å². The molecule has 3 aromatic rings. The number of nitrogens with one attached hydrogen (secondary N) is 1. The predicted molar refractivity (Wildman–Crippen MR) is 128 cm³/mol. The third-order valence-corrected chi connectivity index (χ3v) is 6.50. The van der Waals surface area contributed by atoms with Gasteiger partial charge in [-0.1, -0.05) is 23.7 Å². The lowest BCUT2D eigenvalue weighted by Crippen LogP contribution is -2.32. The molecule has 4 rings (SSSR count). The van der Waals surface area contributed by atoms with Crippen LogP contribution in [0.5, 0.6) is 11.5 Å². The van der Waals surface area contributed by atoms with Crippen molar-refractivity contribution in [3.8, 4) is 11.5 Å². The first kappa shape index (κ1) is 23.2. The maximum Gasteiger partial charge on any atom is 0.251 e. The number of rotatable bonds is 9. The van der Waals surface area contributed by atoms with Crippen molar-refractivity contribution in [2.24, 2.45) is 5.92 Å². The van der Waals surface area contributed by atoms with Crippen LogP contribution in [-0.2, 0) is 6.42 Å². The van der Waals surface area contributed by atoms with Crippen molar-refractivity contribution in [1.82, 2.24) is 10.2 Å². The van der Waals surface area contributed by atoms with E-state index in [-0.39, 0.29) is 11.8 Å². The smallest absolute Gasteiger partial charge is 0.251 e. The van der Waals surface area contributed by atoms with Gasteiger partial charge in [0, 0.05) is 42.7 Å². The Labute approximate surface area is 199 Å². The maximum atomic E-state index is 12.6. The van der Waals surface area contributed by atoms with Crippen LogP contribution in [0.1, 0.15) is 27.4 Å². The van der Waals surface area contributed by atoms with Gasteiger partial charge in [0.05, 0.1) is 26.7 Å². The fourth-order valence-corrected chi connectivity index (χ4v) is 4.68. The van der Waals surface area contributed by atoms with Crippen molar-refractivity contribution in [3.63, 3.8) is 0 Å². The Hall–Kier alpha value is -2.96. The second-order valence-electron chi connectivity index (χ2n) is 8.34. The Morgan fingerprint density at radius 2 is 1.97 bits per heavy atom. The summed E-state index contributed by atoms with van der Waals surface area (Å²) in [5.74, 6) is 1.96. The summed E-state index contributed by atoms with van der Waals surface area (Å²) in [4.78, 5) is 15.1. The molecule has 1 N–H and O–H groups in total. The van der Waals surface area contributed by atoms with E-state index in [4.69, 9.17) is 25.5 Å². The summed E-state index contributed by atoms with van der Waals surface area (Å²) < 4.78 is 16.1. The minimum atomic E-state index is -0.104. The van der Waals surface area contributed by atoms with Gasteiger partial charge in [-0.25, -0.2) is 0 Å². The number of carbonyl (C=O) groups excluding carboxylic acids is 1. The van der Waals surface area contributed by atoms with Crippen LogP contribution < -0.4 is 14.8 Å². The van der Waals surface area contributed by atoms with Crippen molar-refractivity contribution in [2.45, 2.75) is 12.3 Å². The van der Waals surface area contributed by atoms with E-state index in [2.05, 4.69) is 16.3 Å². The summed E-state index contributed by atoms with van der Waals surface area (Å²) in [5.41, 5.74) is 2.95. The summed E-state index contributed by atoms with van der Waals surface area (Å²) in [6, 6.07) is 15.1. The number of likely N-dealkylation sites (tertiary alicyclic amines) is 1. The molecule has 1 saturated heterocycles. The third-order valence-electron chi connectivity index (χ3n) is 6.26. The number of carbonyl (C=O) groups is 1. The van der Waals surface area contributed by atoms with Crippen LogP contribution in [0, 0.1) is 5.92 Å². The topological polar surface area (TPSA) is 63.9 Å². The third kappa shape index (κ3) is 5.70. The van der Waals surface area contributed by atoms with Crippen molar-refractivity contribution >= 4 is 17.5 Å². The van der Waals surface area contributed by atoms with Gasteiger partial charge in [-0.15, -0.1) is 0 Å². The number of ether oxygens (including phenoxy) is 2. The molecule has 2 aromatic carbocycles. The summed E-state index contributed by atoms with van der Waals surface area (Å²) in [7, 11) is 3.29. The average molecular weight is 469 g/mol. The number of nitrogens with zero attached hydrogens (tertiary/aromatic N) is 1. The summed E-state index contributed by atoms with van der Waals surface area (Å²) in [6.45, 7) is 3.33. The van der Waals surface area contributed by atoms with Crippen molar-refractivity contribution in [2.75, 3.05) is 40.4 Å². The number of hydrogen-bond donors (Lipinski definition) is 1. The molecule has 0 aliphatic carbocycles. The van der Waals surface area contributed by atoms with Crippen molar-refractivity contribution in [1.29, 1.82) is 0 Å². The van der Waals surface area contributed by atoms with Gasteiger partial charge in [0.1, 0.15) is 0 Å². The normalized spacial score (nSPS) is 18.3. The average Bonchev–Trinajstić information content (AvgIpc) is 3.51. The molecule has 1 amide bonds. The highest BCUT2D eigenvalue weighted by Crippen LogP contribution is 2.33. The molecule has 1 aromatic heterocycles. The van der Waals surface area contributed by atoms with Gasteiger partial charge >= 0.3 is 0 Å². The summed E-state index contributed by atoms with van der Waals surface area (Å²) >= 11 is 6.04. The van der Waals surface area contributed by atoms with Crippen molar-refractivity contribution < 1.29 is 18.7 Å². The monoisotopic (exact) mass is 468 g/mol. The highest BCUT2D eigenvalue weighted by molar-refractivity contribution is 6.30. The molecule has 6 nitrogen and oxygen atoms in total. The number of methoxy groups -OCH3 is 2. The first-order chi connectivity index (χ1) is 16.1. The minimum Gasteiger partial charge on any atom is -0.493 e. The number of furan rings is 1. The highest BCUT2D eigenvalue weighted by Gasteiger charge is 2.34. The molecule has 1 fully saturated rings. The van der Waals surface area contributed by atoms with Gasteiger partial charge in [0.25, 0.3) is 5.91 Å². The van der Waals surface area contributed by atoms with Gasteiger partial charge in [-0.2, -0.15) is 0 Å². The summed E-state index contributed by atoms with van der Waals surface area (Å²) in [6.07, 6.45) is 4.43. The van der Waals surface area contributed by atoms with E-state index in [1.54, 1.807) is 44.7 Å². The molecule has 174 valence electrons. The Kier molecular flexibility index (Phi) is 7.57. The molecule has 33 heavy (non-hydrogen) atoms. The largest absolute Gasteiger partial charge is 0.493 e. The van der Waals surface area contributed by atoms with Gasteiger partial charge in [0.2, 0.25) is 0 Å². The molecule has 1 aliphatic heterocycles. The lowest BCUT2D eigenvalue weighted by Gasteiger charge is -2.18. The molecule has 0 unspecified atom stereocenters. The lowest BCUT2D eigenvalue weighted by atomic mass is 9.90. The van der Waals surface area contributed by atoms with Crippen LogP contribution in [0.25, 0.3) is 0 Å². The molecule has 0 bridgehead atoms. The maximum absolute atomic E-state index is 12.6. The molecule has 0 radical (unpaired) electrons. The predicted octanol–water partition coefficient (Wildman–Crippen LogP) is 4.64. The van der Waals surface area contributed by atoms with E-state index >= 15 is 0 Å². The van der Waals surface area contributed by atoms with E-state index in [0.29, 0.717) is 23.0 Å². The lowest BCUT2D eigenvalue weighted by molar-refractivity contribution is 0.0946. The van der Waals surface area contributed by atoms with E-state index in [0.717, 1.165) is 37.6 Å². The Morgan fingerprint density at radius 3 is 2.70 bits per heavy atom. The first-order valence-corrected chi connectivity index (χ1v) is 11.4. The molecule has 2 heterocycles. The second-order valence-corrected chi connectivity index (χ2v) is 8.78. The van der Waals surface area contributed by atoms with E-state index < -0.39 is 0 Å².